The van der Waals surface area contributed by atoms with Crippen LogP contribution in [0.15, 0.2) is 78.9 Å². The van der Waals surface area contributed by atoms with Crippen molar-refractivity contribution in [2.24, 2.45) is 0 Å². The zero-order chi connectivity index (χ0) is 20.9. The first-order chi connectivity index (χ1) is 14.7. The molecule has 3 nitrogen and oxygen atoms in total. The molecular formula is C27H27NO2. The fourth-order valence-corrected chi connectivity index (χ4v) is 3.65. The van der Waals surface area contributed by atoms with Crippen LogP contribution in [-0.2, 0) is 13.2 Å². The van der Waals surface area contributed by atoms with Gasteiger partial charge in [0, 0.05) is 12.2 Å². The van der Waals surface area contributed by atoms with Crippen LogP contribution in [0.5, 0.6) is 11.5 Å². The van der Waals surface area contributed by atoms with E-state index in [1.807, 2.05) is 12.1 Å². The van der Waals surface area contributed by atoms with Crippen LogP contribution in [0.2, 0.25) is 0 Å². The predicted octanol–water partition coefficient (Wildman–Crippen LogP) is 6.66. The lowest BCUT2D eigenvalue weighted by Gasteiger charge is -2.15. The van der Waals surface area contributed by atoms with E-state index in [-0.39, 0.29) is 0 Å². The van der Waals surface area contributed by atoms with E-state index in [2.05, 4.69) is 85.9 Å². The Hall–Kier alpha value is -3.46. The van der Waals surface area contributed by atoms with Crippen molar-refractivity contribution in [3.63, 3.8) is 0 Å². The summed E-state index contributed by atoms with van der Waals surface area (Å²) in [6.07, 6.45) is 0. The number of methoxy groups -OCH3 is 1. The Kier molecular flexibility index (Phi) is 5.89. The largest absolute Gasteiger partial charge is 0.493 e. The second-order valence-corrected chi connectivity index (χ2v) is 7.51. The molecule has 0 aliphatic heterocycles. The molecule has 4 aromatic rings. The van der Waals surface area contributed by atoms with Gasteiger partial charge in [-0.1, -0.05) is 60.7 Å². The van der Waals surface area contributed by atoms with E-state index in [4.69, 9.17) is 9.47 Å². The number of hydrogen-bond acceptors (Lipinski definition) is 3. The van der Waals surface area contributed by atoms with Crippen LogP contribution in [0.1, 0.15) is 22.3 Å². The highest BCUT2D eigenvalue weighted by Gasteiger charge is 2.08. The topological polar surface area (TPSA) is 30.5 Å². The molecule has 4 rings (SSSR count). The fourth-order valence-electron chi connectivity index (χ4n) is 3.65. The Bertz CT molecular complexity index is 1160. The monoisotopic (exact) mass is 397 g/mol. The van der Waals surface area contributed by atoms with Gasteiger partial charge in [0.2, 0.25) is 0 Å². The number of rotatable bonds is 7. The molecule has 0 aliphatic rings. The van der Waals surface area contributed by atoms with Gasteiger partial charge in [-0.2, -0.15) is 0 Å². The first-order valence-electron chi connectivity index (χ1n) is 10.2. The Balaban J connectivity index is 1.47. The smallest absolute Gasteiger partial charge is 0.161 e. The predicted molar refractivity (Wildman–Crippen MR) is 125 cm³/mol. The van der Waals surface area contributed by atoms with Gasteiger partial charge >= 0.3 is 0 Å². The molecule has 3 heteroatoms. The van der Waals surface area contributed by atoms with Crippen molar-refractivity contribution in [3.8, 4) is 11.5 Å². The lowest BCUT2D eigenvalue weighted by atomic mass is 10.1. The molecule has 0 unspecified atom stereocenters. The van der Waals surface area contributed by atoms with E-state index in [0.29, 0.717) is 6.61 Å². The molecule has 0 aliphatic carbocycles. The quantitative estimate of drug-likeness (QED) is 0.378. The maximum Gasteiger partial charge on any atom is 0.161 e. The highest BCUT2D eigenvalue weighted by atomic mass is 16.5. The van der Waals surface area contributed by atoms with Crippen molar-refractivity contribution in [3.05, 3.63) is 101 Å². The number of aryl methyl sites for hydroxylation is 1. The zero-order valence-electron chi connectivity index (χ0n) is 17.7. The van der Waals surface area contributed by atoms with E-state index in [9.17, 15) is 0 Å². The number of nitrogens with one attached hydrogen (secondary N) is 1. The summed E-state index contributed by atoms with van der Waals surface area (Å²) in [6, 6.07) is 27.1. The molecule has 152 valence electrons. The van der Waals surface area contributed by atoms with Gasteiger partial charge in [0.15, 0.2) is 11.5 Å². The van der Waals surface area contributed by atoms with Crippen LogP contribution in [0.25, 0.3) is 10.8 Å². The van der Waals surface area contributed by atoms with Gasteiger partial charge < -0.3 is 14.8 Å². The van der Waals surface area contributed by atoms with E-state index < -0.39 is 0 Å². The summed E-state index contributed by atoms with van der Waals surface area (Å²) >= 11 is 0. The van der Waals surface area contributed by atoms with E-state index in [0.717, 1.165) is 34.9 Å². The van der Waals surface area contributed by atoms with E-state index in [1.165, 1.54) is 21.9 Å². The maximum absolute atomic E-state index is 6.13. The molecule has 4 aromatic carbocycles. The Morgan fingerprint density at radius 2 is 1.60 bits per heavy atom. The van der Waals surface area contributed by atoms with Crippen LogP contribution in [0.4, 0.5) is 5.69 Å². The van der Waals surface area contributed by atoms with Gasteiger partial charge in [-0.05, 0) is 65.1 Å². The first kappa shape index (κ1) is 19.8. The maximum atomic E-state index is 6.13. The molecule has 0 heterocycles. The minimum atomic E-state index is 0.498. The molecule has 0 bridgehead atoms. The number of hydrogen-bond donors (Lipinski definition) is 1. The summed E-state index contributed by atoms with van der Waals surface area (Å²) in [5.74, 6) is 1.50. The van der Waals surface area contributed by atoms with E-state index in [1.54, 1.807) is 7.11 Å². The minimum Gasteiger partial charge on any atom is -0.493 e. The lowest BCUT2D eigenvalue weighted by Crippen LogP contribution is -2.03. The molecule has 0 spiro atoms. The second-order valence-electron chi connectivity index (χ2n) is 7.51. The lowest BCUT2D eigenvalue weighted by molar-refractivity contribution is 0.285. The standard InChI is InChI=1S/C27H27NO2/c1-19-8-6-13-25(20(19)2)28-17-21-14-15-26(27(16-21)29-3)30-18-23-11-7-10-22-9-4-5-12-24(22)23/h4-16,28H,17-18H2,1-3H3. The second kappa shape index (κ2) is 8.91. The molecule has 0 amide bonds. The SMILES string of the molecule is COc1cc(CNc2cccc(C)c2C)ccc1OCc1cccc2ccccc12. The van der Waals surface area contributed by atoms with E-state index >= 15 is 0 Å². The molecule has 0 aromatic heterocycles. The number of ether oxygens (including phenoxy) is 2. The Morgan fingerprint density at radius 3 is 2.47 bits per heavy atom. The fraction of sp³-hybridized carbons (Fsp3) is 0.185. The third-order valence-electron chi connectivity index (χ3n) is 5.58. The van der Waals surface area contributed by atoms with Crippen molar-refractivity contribution >= 4 is 16.5 Å². The summed E-state index contributed by atoms with van der Waals surface area (Å²) in [4.78, 5) is 0. The zero-order valence-corrected chi connectivity index (χ0v) is 17.7. The molecule has 0 saturated carbocycles. The molecule has 1 N–H and O–H groups in total. The normalized spacial score (nSPS) is 10.8. The third kappa shape index (κ3) is 4.25. The average Bonchev–Trinajstić information content (AvgIpc) is 2.79. The highest BCUT2D eigenvalue weighted by Crippen LogP contribution is 2.30. The van der Waals surface area contributed by atoms with Gasteiger partial charge in [0.25, 0.3) is 0 Å². The molecule has 0 atom stereocenters. The third-order valence-corrected chi connectivity index (χ3v) is 5.58. The van der Waals surface area contributed by atoms with Gasteiger partial charge in [-0.15, -0.1) is 0 Å². The summed E-state index contributed by atoms with van der Waals surface area (Å²) in [5.41, 5.74) is 6.03. The van der Waals surface area contributed by atoms with Gasteiger partial charge in [-0.25, -0.2) is 0 Å². The number of fused-ring (bicyclic) bond motifs is 1. The van der Waals surface area contributed by atoms with Crippen molar-refractivity contribution in [1.29, 1.82) is 0 Å². The van der Waals surface area contributed by atoms with Crippen molar-refractivity contribution in [1.82, 2.24) is 0 Å². The van der Waals surface area contributed by atoms with Gasteiger partial charge in [0.05, 0.1) is 7.11 Å². The number of benzene rings is 4. The Morgan fingerprint density at radius 1 is 0.800 bits per heavy atom. The molecule has 0 fully saturated rings. The molecule has 30 heavy (non-hydrogen) atoms. The summed E-state index contributed by atoms with van der Waals surface area (Å²) < 4.78 is 11.7. The van der Waals surface area contributed by atoms with Gasteiger partial charge in [0.1, 0.15) is 6.61 Å². The van der Waals surface area contributed by atoms with Crippen molar-refractivity contribution in [2.75, 3.05) is 12.4 Å². The molecular weight excluding hydrogens is 370 g/mol. The van der Waals surface area contributed by atoms with Crippen LogP contribution in [0, 0.1) is 13.8 Å². The molecule has 0 radical (unpaired) electrons. The highest BCUT2D eigenvalue weighted by molar-refractivity contribution is 5.85. The van der Waals surface area contributed by atoms with Gasteiger partial charge in [-0.3, -0.25) is 0 Å². The average molecular weight is 398 g/mol. The minimum absolute atomic E-state index is 0.498. The summed E-state index contributed by atoms with van der Waals surface area (Å²) in [6.45, 7) is 5.50. The van der Waals surface area contributed by atoms with Crippen LogP contribution >= 0.6 is 0 Å². The van der Waals surface area contributed by atoms with Crippen LogP contribution < -0.4 is 14.8 Å². The number of anilines is 1. The molecule has 0 saturated heterocycles. The van der Waals surface area contributed by atoms with Crippen LogP contribution in [-0.4, -0.2) is 7.11 Å². The van der Waals surface area contributed by atoms with Crippen molar-refractivity contribution < 1.29 is 9.47 Å². The summed E-state index contributed by atoms with van der Waals surface area (Å²) in [5, 5.41) is 5.96. The van der Waals surface area contributed by atoms with Crippen LogP contribution in [0.3, 0.4) is 0 Å². The Labute approximate surface area is 178 Å². The van der Waals surface area contributed by atoms with Crippen molar-refractivity contribution in [2.45, 2.75) is 27.0 Å². The first-order valence-corrected chi connectivity index (χ1v) is 10.2. The summed E-state index contributed by atoms with van der Waals surface area (Å²) in [7, 11) is 1.68.